The molecule has 2 aliphatic rings. The van der Waals surface area contributed by atoms with Crippen LogP contribution in [0.15, 0.2) is 39.9 Å². The molecule has 26 heavy (non-hydrogen) atoms. The Morgan fingerprint density at radius 1 is 1.19 bits per heavy atom. The average molecular weight is 375 g/mol. The van der Waals surface area contributed by atoms with Crippen LogP contribution in [0.4, 0.5) is 0 Å². The smallest absolute Gasteiger partial charge is 0.334 e. The van der Waals surface area contributed by atoms with Gasteiger partial charge in [-0.25, -0.2) is 4.79 Å². The van der Waals surface area contributed by atoms with E-state index < -0.39 is 5.69 Å². The van der Waals surface area contributed by atoms with Crippen molar-refractivity contribution in [1.82, 2.24) is 9.13 Å². The topological polar surface area (TPSA) is 64.2 Å². The molecule has 2 saturated carbocycles. The molecule has 4 unspecified atom stereocenters. The first kappa shape index (κ1) is 17.4. The van der Waals surface area contributed by atoms with Crippen LogP contribution in [0, 0.1) is 11.8 Å². The molecule has 1 aromatic carbocycles. The average Bonchev–Trinajstić information content (AvgIpc) is 3.22. The zero-order valence-electron chi connectivity index (χ0n) is 14.8. The lowest BCUT2D eigenvalue weighted by atomic mass is 9.95. The van der Waals surface area contributed by atoms with E-state index in [1.807, 2.05) is 31.2 Å². The molecule has 5 nitrogen and oxygen atoms in total. The van der Waals surface area contributed by atoms with Crippen molar-refractivity contribution in [2.45, 2.75) is 51.1 Å². The van der Waals surface area contributed by atoms with Crippen LogP contribution in [-0.2, 0) is 6.54 Å². The fraction of sp³-hybridized carbons (Fsp3) is 0.500. The third-order valence-electron chi connectivity index (χ3n) is 6.13. The molecule has 0 aliphatic heterocycles. The molecular weight excluding hydrogens is 352 g/mol. The van der Waals surface area contributed by atoms with E-state index >= 15 is 0 Å². The van der Waals surface area contributed by atoms with Gasteiger partial charge in [-0.3, -0.25) is 13.9 Å². The SMILES string of the molecule is CC(Cn1c(O)cc(=O)n(C2CC3CCC2C3)c1=O)c1ccc(Cl)cc1. The van der Waals surface area contributed by atoms with E-state index in [-0.39, 0.29) is 23.4 Å². The number of hydrogen-bond donors (Lipinski definition) is 1. The molecule has 4 rings (SSSR count). The van der Waals surface area contributed by atoms with Crippen molar-refractivity contribution in [2.24, 2.45) is 11.8 Å². The van der Waals surface area contributed by atoms with E-state index in [1.165, 1.54) is 21.6 Å². The lowest BCUT2D eigenvalue weighted by molar-refractivity contribution is 0.295. The summed E-state index contributed by atoms with van der Waals surface area (Å²) in [7, 11) is 0. The Labute approximate surface area is 156 Å². The molecule has 138 valence electrons. The number of aromatic nitrogens is 2. The minimum absolute atomic E-state index is 0.00171. The Morgan fingerprint density at radius 3 is 2.54 bits per heavy atom. The predicted octanol–water partition coefficient (Wildman–Crippen LogP) is 3.53. The van der Waals surface area contributed by atoms with E-state index in [0.717, 1.165) is 24.8 Å². The van der Waals surface area contributed by atoms with Crippen LogP contribution in [0.2, 0.25) is 5.02 Å². The van der Waals surface area contributed by atoms with Gasteiger partial charge in [-0.1, -0.05) is 37.1 Å². The fourth-order valence-electron chi connectivity index (χ4n) is 4.76. The second-order valence-electron chi connectivity index (χ2n) is 7.80. The molecule has 6 heteroatoms. The summed E-state index contributed by atoms with van der Waals surface area (Å²) in [6, 6.07) is 8.62. The van der Waals surface area contributed by atoms with Gasteiger partial charge in [0.25, 0.3) is 5.56 Å². The molecule has 1 aromatic heterocycles. The molecule has 2 fully saturated rings. The zero-order chi connectivity index (χ0) is 18.4. The summed E-state index contributed by atoms with van der Waals surface area (Å²) in [5, 5.41) is 10.9. The standard InChI is InChI=1S/C20H23ClN2O3/c1-12(14-4-6-16(21)7-5-14)11-22-18(24)10-19(25)23(20(22)26)17-9-13-2-3-15(17)8-13/h4-7,10,12-13,15,17,24H,2-3,8-9,11H2,1H3. The first-order valence-corrected chi connectivity index (χ1v) is 9.62. The summed E-state index contributed by atoms with van der Waals surface area (Å²) >= 11 is 5.94. The summed E-state index contributed by atoms with van der Waals surface area (Å²) in [5.41, 5.74) is 0.243. The van der Waals surface area contributed by atoms with Gasteiger partial charge in [0, 0.05) is 17.6 Å². The minimum Gasteiger partial charge on any atom is -0.494 e. The predicted molar refractivity (Wildman–Crippen MR) is 101 cm³/mol. The van der Waals surface area contributed by atoms with Crippen molar-refractivity contribution in [1.29, 1.82) is 0 Å². The van der Waals surface area contributed by atoms with Gasteiger partial charge in [-0.15, -0.1) is 0 Å². The van der Waals surface area contributed by atoms with Gasteiger partial charge >= 0.3 is 5.69 Å². The van der Waals surface area contributed by atoms with Crippen molar-refractivity contribution in [3.8, 4) is 5.88 Å². The van der Waals surface area contributed by atoms with E-state index in [2.05, 4.69) is 0 Å². The van der Waals surface area contributed by atoms with Gasteiger partial charge in [0.15, 0.2) is 0 Å². The van der Waals surface area contributed by atoms with Crippen LogP contribution in [0.25, 0.3) is 0 Å². The number of fused-ring (bicyclic) bond motifs is 2. The lowest BCUT2D eigenvalue weighted by Crippen LogP contribution is -2.43. The number of aromatic hydroxyl groups is 1. The second-order valence-corrected chi connectivity index (χ2v) is 8.24. The quantitative estimate of drug-likeness (QED) is 0.890. The van der Waals surface area contributed by atoms with Gasteiger partial charge in [0.2, 0.25) is 5.88 Å². The highest BCUT2D eigenvalue weighted by molar-refractivity contribution is 6.30. The highest BCUT2D eigenvalue weighted by Crippen LogP contribution is 2.49. The molecular formula is C20H23ClN2O3. The van der Waals surface area contributed by atoms with Crippen molar-refractivity contribution in [3.05, 3.63) is 61.8 Å². The first-order valence-electron chi connectivity index (χ1n) is 9.25. The van der Waals surface area contributed by atoms with Crippen molar-refractivity contribution in [2.75, 3.05) is 0 Å². The van der Waals surface area contributed by atoms with Crippen LogP contribution >= 0.6 is 11.6 Å². The maximum atomic E-state index is 13.0. The van der Waals surface area contributed by atoms with E-state index in [1.54, 1.807) is 0 Å². The molecule has 0 amide bonds. The molecule has 0 radical (unpaired) electrons. The van der Waals surface area contributed by atoms with Crippen LogP contribution < -0.4 is 11.2 Å². The second kappa shape index (κ2) is 6.62. The summed E-state index contributed by atoms with van der Waals surface area (Å²) < 4.78 is 2.71. The number of halogens is 1. The summed E-state index contributed by atoms with van der Waals surface area (Å²) in [5.74, 6) is 0.783. The highest BCUT2D eigenvalue weighted by atomic mass is 35.5. The van der Waals surface area contributed by atoms with Gasteiger partial charge in [0.1, 0.15) is 0 Å². The maximum absolute atomic E-state index is 13.0. The molecule has 0 saturated heterocycles. The fourth-order valence-corrected chi connectivity index (χ4v) is 4.88. The maximum Gasteiger partial charge on any atom is 0.334 e. The number of hydrogen-bond acceptors (Lipinski definition) is 3. The molecule has 2 bridgehead atoms. The Hall–Kier alpha value is -2.01. The van der Waals surface area contributed by atoms with E-state index in [4.69, 9.17) is 11.6 Å². The van der Waals surface area contributed by atoms with Crippen molar-refractivity contribution >= 4 is 11.6 Å². The third kappa shape index (κ3) is 2.98. The number of nitrogens with zero attached hydrogens (tertiary/aromatic N) is 2. The molecule has 2 aromatic rings. The van der Waals surface area contributed by atoms with Crippen LogP contribution in [0.3, 0.4) is 0 Å². The molecule has 0 spiro atoms. The minimum atomic E-state index is -0.395. The molecule has 4 atom stereocenters. The summed E-state index contributed by atoms with van der Waals surface area (Å²) in [4.78, 5) is 25.5. The Balaban J connectivity index is 1.68. The first-order chi connectivity index (χ1) is 12.4. The van der Waals surface area contributed by atoms with Gasteiger partial charge < -0.3 is 5.11 Å². The molecule has 1 N–H and O–H groups in total. The van der Waals surface area contributed by atoms with E-state index in [9.17, 15) is 14.7 Å². The van der Waals surface area contributed by atoms with Gasteiger partial charge in [-0.2, -0.15) is 0 Å². The summed E-state index contributed by atoms with van der Waals surface area (Å²) in [6.07, 6.45) is 4.30. The van der Waals surface area contributed by atoms with E-state index in [0.29, 0.717) is 23.4 Å². The number of benzene rings is 1. The normalized spacial score (nSPS) is 25.5. The van der Waals surface area contributed by atoms with Crippen LogP contribution in [0.1, 0.15) is 50.1 Å². The monoisotopic (exact) mass is 374 g/mol. The number of rotatable bonds is 4. The summed E-state index contributed by atoms with van der Waals surface area (Å²) in [6.45, 7) is 2.30. The Kier molecular flexibility index (Phi) is 4.43. The Bertz CT molecular complexity index is 932. The lowest BCUT2D eigenvalue weighted by Gasteiger charge is -2.25. The Morgan fingerprint density at radius 2 is 1.92 bits per heavy atom. The van der Waals surface area contributed by atoms with Crippen LogP contribution in [-0.4, -0.2) is 14.2 Å². The molecule has 2 aliphatic carbocycles. The van der Waals surface area contributed by atoms with Gasteiger partial charge in [-0.05, 0) is 54.7 Å². The van der Waals surface area contributed by atoms with Crippen molar-refractivity contribution in [3.63, 3.8) is 0 Å². The highest BCUT2D eigenvalue weighted by Gasteiger charge is 2.41. The van der Waals surface area contributed by atoms with Crippen LogP contribution in [0.5, 0.6) is 5.88 Å². The van der Waals surface area contributed by atoms with Crippen molar-refractivity contribution < 1.29 is 5.11 Å². The van der Waals surface area contributed by atoms with Gasteiger partial charge in [0.05, 0.1) is 6.07 Å². The largest absolute Gasteiger partial charge is 0.494 e. The zero-order valence-corrected chi connectivity index (χ0v) is 15.5. The third-order valence-corrected chi connectivity index (χ3v) is 6.38. The molecule has 1 heterocycles.